The van der Waals surface area contributed by atoms with Crippen molar-refractivity contribution >= 4 is 11.6 Å². The van der Waals surface area contributed by atoms with E-state index in [1.807, 2.05) is 0 Å². The second-order valence-corrected chi connectivity index (χ2v) is 5.13. The first-order valence-electron chi connectivity index (χ1n) is 7.06. The molecule has 0 saturated carbocycles. The van der Waals surface area contributed by atoms with Crippen LogP contribution < -0.4 is 0 Å². The molecule has 0 bridgehead atoms. The Morgan fingerprint density at radius 1 is 0.938 bits per heavy atom. The van der Waals surface area contributed by atoms with Gasteiger partial charge >= 0.3 is 0 Å². The van der Waals surface area contributed by atoms with Gasteiger partial charge in [-0.05, 0) is 45.7 Å². The Balaban J connectivity index is 3.65. The molecule has 0 amide bonds. The topological polar surface area (TPSA) is 3.24 Å². The minimum Gasteiger partial charge on any atom is -0.301 e. The molecule has 0 N–H and O–H groups in total. The summed E-state index contributed by atoms with van der Waals surface area (Å²) in [5, 5.41) is 0. The molecule has 0 aromatic rings. The summed E-state index contributed by atoms with van der Waals surface area (Å²) in [6, 6.07) is 0.750. The standard InChI is InChI=1S/C14H30ClN/c1-4-6-12-16(14(3)5-2)13-10-8-7-9-11-15/h14H,4-13H2,1-3H3. The summed E-state index contributed by atoms with van der Waals surface area (Å²) < 4.78 is 0. The van der Waals surface area contributed by atoms with E-state index < -0.39 is 0 Å². The lowest BCUT2D eigenvalue weighted by atomic mass is 10.1. The Hall–Kier alpha value is 0.250. The van der Waals surface area contributed by atoms with E-state index in [2.05, 4.69) is 25.7 Å². The van der Waals surface area contributed by atoms with Gasteiger partial charge in [-0.3, -0.25) is 0 Å². The van der Waals surface area contributed by atoms with Crippen molar-refractivity contribution in [2.45, 2.75) is 71.8 Å². The van der Waals surface area contributed by atoms with E-state index in [1.54, 1.807) is 0 Å². The van der Waals surface area contributed by atoms with Crippen LogP contribution in [0.15, 0.2) is 0 Å². The van der Waals surface area contributed by atoms with Crippen LogP contribution in [0.25, 0.3) is 0 Å². The minimum absolute atomic E-state index is 0.750. The molecule has 16 heavy (non-hydrogen) atoms. The molecular weight excluding hydrogens is 218 g/mol. The van der Waals surface area contributed by atoms with Crippen LogP contribution in [0.1, 0.15) is 65.7 Å². The van der Waals surface area contributed by atoms with Crippen LogP contribution >= 0.6 is 11.6 Å². The van der Waals surface area contributed by atoms with Crippen LogP contribution in [0.3, 0.4) is 0 Å². The van der Waals surface area contributed by atoms with Gasteiger partial charge in [-0.25, -0.2) is 0 Å². The Bertz CT molecular complexity index is 139. The van der Waals surface area contributed by atoms with Gasteiger partial charge in [-0.15, -0.1) is 11.6 Å². The summed E-state index contributed by atoms with van der Waals surface area (Å²) in [4.78, 5) is 2.66. The lowest BCUT2D eigenvalue weighted by Crippen LogP contribution is -2.34. The number of hydrogen-bond acceptors (Lipinski definition) is 1. The fourth-order valence-corrected chi connectivity index (χ4v) is 2.12. The number of rotatable bonds is 11. The molecule has 0 radical (unpaired) electrons. The molecule has 1 nitrogen and oxygen atoms in total. The van der Waals surface area contributed by atoms with Gasteiger partial charge in [0.15, 0.2) is 0 Å². The van der Waals surface area contributed by atoms with E-state index in [0.29, 0.717) is 0 Å². The Morgan fingerprint density at radius 2 is 1.56 bits per heavy atom. The van der Waals surface area contributed by atoms with Crippen molar-refractivity contribution in [3.8, 4) is 0 Å². The maximum Gasteiger partial charge on any atom is 0.0223 e. The summed E-state index contributed by atoms with van der Waals surface area (Å²) in [5.74, 6) is 0.824. The number of halogens is 1. The van der Waals surface area contributed by atoms with Gasteiger partial charge in [-0.2, -0.15) is 0 Å². The Kier molecular flexibility index (Phi) is 11.9. The minimum atomic E-state index is 0.750. The van der Waals surface area contributed by atoms with Crippen LogP contribution in [-0.4, -0.2) is 29.9 Å². The molecule has 0 aliphatic rings. The highest BCUT2D eigenvalue weighted by atomic mass is 35.5. The van der Waals surface area contributed by atoms with Crippen LogP contribution in [0, 0.1) is 0 Å². The first-order chi connectivity index (χ1) is 7.76. The molecule has 0 fully saturated rings. The molecule has 0 aromatic carbocycles. The summed E-state index contributed by atoms with van der Waals surface area (Å²) in [7, 11) is 0. The largest absolute Gasteiger partial charge is 0.301 e. The molecular formula is C14H30ClN. The fourth-order valence-electron chi connectivity index (χ4n) is 1.93. The molecule has 0 aromatic heterocycles. The van der Waals surface area contributed by atoms with Gasteiger partial charge in [0.05, 0.1) is 0 Å². The van der Waals surface area contributed by atoms with E-state index in [-0.39, 0.29) is 0 Å². The summed E-state index contributed by atoms with van der Waals surface area (Å²) in [6.07, 6.45) is 9.07. The number of unbranched alkanes of at least 4 members (excludes halogenated alkanes) is 4. The predicted octanol–water partition coefficient (Wildman–Crippen LogP) is 4.69. The maximum absolute atomic E-state index is 5.67. The van der Waals surface area contributed by atoms with E-state index in [0.717, 1.165) is 11.9 Å². The second-order valence-electron chi connectivity index (χ2n) is 4.75. The molecule has 1 atom stereocenters. The van der Waals surface area contributed by atoms with E-state index >= 15 is 0 Å². The normalized spacial score (nSPS) is 13.3. The third-order valence-corrected chi connectivity index (χ3v) is 3.61. The lowest BCUT2D eigenvalue weighted by Gasteiger charge is -2.28. The molecule has 0 aliphatic carbocycles. The predicted molar refractivity (Wildman–Crippen MR) is 75.4 cm³/mol. The Morgan fingerprint density at radius 3 is 2.12 bits per heavy atom. The van der Waals surface area contributed by atoms with Crippen molar-refractivity contribution in [2.75, 3.05) is 19.0 Å². The smallest absolute Gasteiger partial charge is 0.0223 e. The van der Waals surface area contributed by atoms with Crippen molar-refractivity contribution in [3.05, 3.63) is 0 Å². The maximum atomic E-state index is 5.67. The molecule has 0 aliphatic heterocycles. The SMILES string of the molecule is CCCCN(CCCCCCCl)C(C)CC. The quantitative estimate of drug-likeness (QED) is 0.378. The van der Waals surface area contributed by atoms with Crippen molar-refractivity contribution in [3.63, 3.8) is 0 Å². The highest BCUT2D eigenvalue weighted by molar-refractivity contribution is 6.17. The zero-order valence-corrected chi connectivity index (χ0v) is 12.2. The van der Waals surface area contributed by atoms with Crippen LogP contribution in [0.5, 0.6) is 0 Å². The molecule has 98 valence electrons. The second kappa shape index (κ2) is 11.7. The molecule has 0 heterocycles. The first-order valence-corrected chi connectivity index (χ1v) is 7.59. The number of nitrogens with zero attached hydrogens (tertiary/aromatic N) is 1. The van der Waals surface area contributed by atoms with Crippen molar-refractivity contribution in [1.82, 2.24) is 4.90 Å². The van der Waals surface area contributed by atoms with Crippen LogP contribution in [0.2, 0.25) is 0 Å². The molecule has 0 saturated heterocycles. The third kappa shape index (κ3) is 8.41. The Labute approximate surface area is 108 Å². The molecule has 0 rings (SSSR count). The molecule has 1 unspecified atom stereocenters. The van der Waals surface area contributed by atoms with E-state index in [9.17, 15) is 0 Å². The summed E-state index contributed by atoms with van der Waals surface area (Å²) >= 11 is 5.67. The highest BCUT2D eigenvalue weighted by Crippen LogP contribution is 2.09. The van der Waals surface area contributed by atoms with E-state index in [1.165, 1.54) is 58.0 Å². The van der Waals surface area contributed by atoms with Gasteiger partial charge in [0.1, 0.15) is 0 Å². The van der Waals surface area contributed by atoms with E-state index in [4.69, 9.17) is 11.6 Å². The zero-order valence-electron chi connectivity index (χ0n) is 11.5. The average molecular weight is 248 g/mol. The third-order valence-electron chi connectivity index (χ3n) is 3.34. The zero-order chi connectivity index (χ0) is 12.2. The van der Waals surface area contributed by atoms with Crippen LogP contribution in [0.4, 0.5) is 0 Å². The van der Waals surface area contributed by atoms with Crippen molar-refractivity contribution < 1.29 is 0 Å². The lowest BCUT2D eigenvalue weighted by molar-refractivity contribution is 0.196. The molecule has 0 spiro atoms. The number of hydrogen-bond donors (Lipinski definition) is 0. The average Bonchev–Trinajstić information content (AvgIpc) is 2.31. The van der Waals surface area contributed by atoms with Gasteiger partial charge in [0.25, 0.3) is 0 Å². The number of alkyl halides is 1. The summed E-state index contributed by atoms with van der Waals surface area (Å²) in [6.45, 7) is 9.47. The van der Waals surface area contributed by atoms with Gasteiger partial charge < -0.3 is 4.90 Å². The van der Waals surface area contributed by atoms with Crippen LogP contribution in [-0.2, 0) is 0 Å². The van der Waals surface area contributed by atoms with Gasteiger partial charge in [-0.1, -0.05) is 33.1 Å². The first kappa shape index (κ1) is 16.2. The monoisotopic (exact) mass is 247 g/mol. The summed E-state index contributed by atoms with van der Waals surface area (Å²) in [5.41, 5.74) is 0. The van der Waals surface area contributed by atoms with Crippen molar-refractivity contribution in [2.24, 2.45) is 0 Å². The fraction of sp³-hybridized carbons (Fsp3) is 1.00. The van der Waals surface area contributed by atoms with Gasteiger partial charge in [0.2, 0.25) is 0 Å². The van der Waals surface area contributed by atoms with Gasteiger partial charge in [0, 0.05) is 11.9 Å². The molecule has 2 heteroatoms. The van der Waals surface area contributed by atoms with Crippen molar-refractivity contribution in [1.29, 1.82) is 0 Å². The highest BCUT2D eigenvalue weighted by Gasteiger charge is 2.10.